The topological polar surface area (TPSA) is 52.6 Å². The van der Waals surface area contributed by atoms with E-state index in [4.69, 9.17) is 5.11 Å². The highest BCUT2D eigenvalue weighted by atomic mass is 79.9. The van der Waals surface area contributed by atoms with E-state index in [9.17, 15) is 4.79 Å². The van der Waals surface area contributed by atoms with Crippen molar-refractivity contribution in [2.24, 2.45) is 0 Å². The van der Waals surface area contributed by atoms with Gasteiger partial charge in [-0.05, 0) is 31.5 Å². The Labute approximate surface area is 116 Å². The average molecular weight is 315 g/mol. The fraction of sp³-hybridized carbons (Fsp3) is 0.462. The summed E-state index contributed by atoms with van der Waals surface area (Å²) < 4.78 is 0.858. The van der Waals surface area contributed by atoms with Crippen LogP contribution in [0.3, 0.4) is 0 Å². The van der Waals surface area contributed by atoms with Gasteiger partial charge in [0.1, 0.15) is 0 Å². The van der Waals surface area contributed by atoms with Crippen LogP contribution in [0.5, 0.6) is 0 Å². The fourth-order valence-electron chi connectivity index (χ4n) is 1.67. The summed E-state index contributed by atoms with van der Waals surface area (Å²) in [4.78, 5) is 13.6. The Balaban J connectivity index is 2.82. The van der Waals surface area contributed by atoms with E-state index in [2.05, 4.69) is 21.2 Å². The number of rotatable bonds is 6. The van der Waals surface area contributed by atoms with Crippen molar-refractivity contribution in [3.05, 3.63) is 28.2 Å². The summed E-state index contributed by atoms with van der Waals surface area (Å²) in [5.74, 6) is 0.0155. The number of nitrogens with one attached hydrogen (secondary N) is 1. The summed E-state index contributed by atoms with van der Waals surface area (Å²) in [6, 6.07) is 5.70. The van der Waals surface area contributed by atoms with Crippen LogP contribution in [0.15, 0.2) is 22.7 Å². The van der Waals surface area contributed by atoms with Gasteiger partial charge in [-0.1, -0.05) is 22.0 Å². The van der Waals surface area contributed by atoms with Gasteiger partial charge in [-0.15, -0.1) is 0 Å². The molecule has 0 saturated heterocycles. The average Bonchev–Trinajstić information content (AvgIpc) is 2.36. The molecule has 0 atom stereocenters. The molecule has 2 N–H and O–H groups in total. The van der Waals surface area contributed by atoms with Gasteiger partial charge in [-0.25, -0.2) is 0 Å². The van der Waals surface area contributed by atoms with Crippen molar-refractivity contribution in [3.8, 4) is 0 Å². The summed E-state index contributed by atoms with van der Waals surface area (Å²) in [5, 5.41) is 11.9. The zero-order chi connectivity index (χ0) is 13.5. The number of likely N-dealkylation sites (N-methyl/N-ethyl adjacent to an activating group) is 2. The van der Waals surface area contributed by atoms with Crippen LogP contribution in [0.2, 0.25) is 0 Å². The molecule has 5 heteroatoms. The van der Waals surface area contributed by atoms with Crippen LogP contribution >= 0.6 is 15.9 Å². The summed E-state index contributed by atoms with van der Waals surface area (Å²) >= 11 is 3.41. The molecule has 4 nitrogen and oxygen atoms in total. The number of aliphatic hydroxyl groups excluding tert-OH is 1. The van der Waals surface area contributed by atoms with Crippen LogP contribution < -0.4 is 10.2 Å². The number of nitrogens with zero attached hydrogens (tertiary/aromatic N) is 1. The van der Waals surface area contributed by atoms with E-state index in [0.29, 0.717) is 13.1 Å². The molecule has 0 heterocycles. The second kappa shape index (κ2) is 7.38. The molecule has 1 aromatic carbocycles. The molecule has 100 valence electrons. The number of benzene rings is 1. The van der Waals surface area contributed by atoms with E-state index in [1.54, 1.807) is 0 Å². The maximum Gasteiger partial charge on any atom is 0.239 e. The zero-order valence-corrected chi connectivity index (χ0v) is 12.3. The molecular weight excluding hydrogens is 296 g/mol. The maximum atomic E-state index is 11.6. The van der Waals surface area contributed by atoms with E-state index < -0.39 is 0 Å². The zero-order valence-electron chi connectivity index (χ0n) is 10.7. The van der Waals surface area contributed by atoms with Crippen molar-refractivity contribution < 1.29 is 9.90 Å². The molecule has 0 aromatic heterocycles. The summed E-state index contributed by atoms with van der Waals surface area (Å²) in [5.41, 5.74) is 1.81. The third kappa shape index (κ3) is 3.99. The molecule has 0 bridgehead atoms. The van der Waals surface area contributed by atoms with Gasteiger partial charge < -0.3 is 15.3 Å². The van der Waals surface area contributed by atoms with Crippen LogP contribution in [0.1, 0.15) is 19.4 Å². The summed E-state index contributed by atoms with van der Waals surface area (Å²) in [7, 11) is 0. The molecule has 18 heavy (non-hydrogen) atoms. The minimum absolute atomic E-state index is 0.00328. The van der Waals surface area contributed by atoms with E-state index in [1.807, 2.05) is 36.9 Å². The number of carbonyl (C=O) groups excluding carboxylic acids is 1. The van der Waals surface area contributed by atoms with Crippen LogP contribution in [0.25, 0.3) is 0 Å². The second-order valence-electron chi connectivity index (χ2n) is 3.90. The Morgan fingerprint density at radius 1 is 1.44 bits per heavy atom. The summed E-state index contributed by atoms with van der Waals surface area (Å²) in [6.07, 6.45) is 0. The van der Waals surface area contributed by atoms with Crippen molar-refractivity contribution in [1.82, 2.24) is 5.32 Å². The van der Waals surface area contributed by atoms with Crippen molar-refractivity contribution in [3.63, 3.8) is 0 Å². The van der Waals surface area contributed by atoms with Gasteiger partial charge >= 0.3 is 0 Å². The number of hydrogen-bond donors (Lipinski definition) is 2. The lowest BCUT2D eigenvalue weighted by Gasteiger charge is -2.23. The third-order valence-corrected chi connectivity index (χ3v) is 3.40. The lowest BCUT2D eigenvalue weighted by molar-refractivity contribution is -0.119. The predicted molar refractivity (Wildman–Crippen MR) is 76.6 cm³/mol. The number of amides is 1. The summed E-state index contributed by atoms with van der Waals surface area (Å²) in [6.45, 7) is 5.65. The molecule has 0 unspecified atom stereocenters. The van der Waals surface area contributed by atoms with Crippen molar-refractivity contribution in [2.45, 2.75) is 20.5 Å². The van der Waals surface area contributed by atoms with Gasteiger partial charge in [-0.3, -0.25) is 4.79 Å². The van der Waals surface area contributed by atoms with Gasteiger partial charge in [0.05, 0.1) is 13.2 Å². The van der Waals surface area contributed by atoms with Gasteiger partial charge in [0, 0.05) is 23.2 Å². The molecule has 0 saturated carbocycles. The largest absolute Gasteiger partial charge is 0.392 e. The number of carbonyl (C=O) groups is 1. The molecule has 1 rings (SSSR count). The normalized spacial score (nSPS) is 10.2. The maximum absolute atomic E-state index is 11.6. The van der Waals surface area contributed by atoms with E-state index >= 15 is 0 Å². The van der Waals surface area contributed by atoms with Gasteiger partial charge in [-0.2, -0.15) is 0 Å². The van der Waals surface area contributed by atoms with Crippen LogP contribution in [-0.4, -0.2) is 30.6 Å². The minimum atomic E-state index is 0.00328. The second-order valence-corrected chi connectivity index (χ2v) is 4.76. The Bertz CT molecular complexity index is 410. The minimum Gasteiger partial charge on any atom is -0.392 e. The molecule has 1 aromatic rings. The number of aliphatic hydroxyl groups is 1. The van der Waals surface area contributed by atoms with Crippen LogP contribution in [0, 0.1) is 0 Å². The van der Waals surface area contributed by atoms with Crippen molar-refractivity contribution in [2.75, 3.05) is 24.5 Å². The molecule has 0 fully saturated rings. The molecule has 0 radical (unpaired) electrons. The highest BCUT2D eigenvalue weighted by Crippen LogP contribution is 2.24. The smallest absolute Gasteiger partial charge is 0.239 e. The van der Waals surface area contributed by atoms with Crippen molar-refractivity contribution in [1.29, 1.82) is 0 Å². The monoisotopic (exact) mass is 314 g/mol. The number of halogens is 1. The van der Waals surface area contributed by atoms with E-state index in [1.165, 1.54) is 0 Å². The lowest BCUT2D eigenvalue weighted by Crippen LogP contribution is -2.37. The first kappa shape index (κ1) is 15.0. The third-order valence-electron chi connectivity index (χ3n) is 2.66. The first-order chi connectivity index (χ1) is 8.62. The van der Waals surface area contributed by atoms with Gasteiger partial charge in [0.15, 0.2) is 0 Å². The van der Waals surface area contributed by atoms with Gasteiger partial charge in [0.2, 0.25) is 5.91 Å². The predicted octanol–water partition coefficient (Wildman–Crippen LogP) is 1.90. The molecule has 0 aliphatic carbocycles. The quantitative estimate of drug-likeness (QED) is 0.843. The highest BCUT2D eigenvalue weighted by Gasteiger charge is 2.10. The Morgan fingerprint density at radius 2 is 2.17 bits per heavy atom. The Kier molecular flexibility index (Phi) is 6.15. The SMILES string of the molecule is CCNC(=O)CN(CC)c1ccc(CO)c(Br)c1. The Morgan fingerprint density at radius 3 is 2.67 bits per heavy atom. The lowest BCUT2D eigenvalue weighted by atomic mass is 10.2. The van der Waals surface area contributed by atoms with Crippen LogP contribution in [0.4, 0.5) is 5.69 Å². The standard InChI is InChI=1S/C13H19BrN2O2/c1-3-15-13(18)8-16(4-2)11-6-5-10(9-17)12(14)7-11/h5-7,17H,3-4,8-9H2,1-2H3,(H,15,18). The molecule has 0 spiro atoms. The molecule has 0 aliphatic rings. The molecular formula is C13H19BrN2O2. The van der Waals surface area contributed by atoms with Crippen LogP contribution in [-0.2, 0) is 11.4 Å². The van der Waals surface area contributed by atoms with Gasteiger partial charge in [0.25, 0.3) is 0 Å². The van der Waals surface area contributed by atoms with E-state index in [0.717, 1.165) is 22.3 Å². The number of hydrogen-bond acceptors (Lipinski definition) is 3. The molecule has 1 amide bonds. The Hall–Kier alpha value is -1.07. The van der Waals surface area contributed by atoms with E-state index in [-0.39, 0.29) is 12.5 Å². The first-order valence-electron chi connectivity index (χ1n) is 6.03. The highest BCUT2D eigenvalue weighted by molar-refractivity contribution is 9.10. The van der Waals surface area contributed by atoms with Crippen molar-refractivity contribution >= 4 is 27.5 Å². The number of anilines is 1. The first-order valence-corrected chi connectivity index (χ1v) is 6.82. The molecule has 0 aliphatic heterocycles. The fourth-order valence-corrected chi connectivity index (χ4v) is 2.17.